The average Bonchev–Trinajstić information content (AvgIpc) is 3.14. The fourth-order valence-electron chi connectivity index (χ4n) is 2.71. The molecule has 0 saturated heterocycles. The summed E-state index contributed by atoms with van der Waals surface area (Å²) in [5, 5.41) is 16.8. The van der Waals surface area contributed by atoms with Gasteiger partial charge >= 0.3 is 0 Å². The van der Waals surface area contributed by atoms with Gasteiger partial charge in [-0.2, -0.15) is 0 Å². The number of carbonyl (C=O) groups is 1. The van der Waals surface area contributed by atoms with E-state index in [0.29, 0.717) is 11.3 Å². The Morgan fingerprint density at radius 1 is 1.15 bits per heavy atom. The summed E-state index contributed by atoms with van der Waals surface area (Å²) in [6.07, 6.45) is 0. The fraction of sp³-hybridized carbons (Fsp3) is 0.150. The number of anilines is 1. The normalized spacial score (nSPS) is 11.8. The van der Waals surface area contributed by atoms with Crippen molar-refractivity contribution in [1.29, 1.82) is 0 Å². The van der Waals surface area contributed by atoms with Crippen molar-refractivity contribution in [2.45, 2.75) is 19.9 Å². The first kappa shape index (κ1) is 17.8. The van der Waals surface area contributed by atoms with Crippen molar-refractivity contribution < 1.29 is 9.72 Å². The van der Waals surface area contributed by atoms with Gasteiger partial charge in [-0.25, -0.2) is 0 Å². The molecule has 0 unspecified atom stereocenters. The Bertz CT molecular complexity index is 934. The number of nitrogens with one attached hydrogen (secondary N) is 1. The van der Waals surface area contributed by atoms with Crippen molar-refractivity contribution in [1.82, 2.24) is 0 Å². The summed E-state index contributed by atoms with van der Waals surface area (Å²) in [6.45, 7) is 3.41. The first-order valence-corrected chi connectivity index (χ1v) is 8.99. The number of ketones is 1. The lowest BCUT2D eigenvalue weighted by Gasteiger charge is -2.20. The van der Waals surface area contributed by atoms with E-state index in [1.807, 2.05) is 48.7 Å². The zero-order valence-electron chi connectivity index (χ0n) is 14.4. The van der Waals surface area contributed by atoms with Crippen LogP contribution in [0.15, 0.2) is 60.0 Å². The Morgan fingerprint density at radius 3 is 2.46 bits per heavy atom. The van der Waals surface area contributed by atoms with Gasteiger partial charge in [0.2, 0.25) is 0 Å². The second-order valence-electron chi connectivity index (χ2n) is 6.05. The van der Waals surface area contributed by atoms with Gasteiger partial charge in [-0.15, -0.1) is 11.3 Å². The van der Waals surface area contributed by atoms with E-state index in [4.69, 9.17) is 0 Å². The van der Waals surface area contributed by atoms with Crippen LogP contribution in [0.3, 0.4) is 0 Å². The van der Waals surface area contributed by atoms with E-state index in [1.54, 1.807) is 23.5 Å². The summed E-state index contributed by atoms with van der Waals surface area (Å²) in [7, 11) is 0. The molecule has 0 saturated carbocycles. The van der Waals surface area contributed by atoms with Crippen LogP contribution in [0.2, 0.25) is 0 Å². The Morgan fingerprint density at radius 2 is 1.88 bits per heavy atom. The molecule has 0 aliphatic carbocycles. The Labute approximate surface area is 155 Å². The van der Waals surface area contributed by atoms with Crippen LogP contribution in [0.5, 0.6) is 0 Å². The number of hydrogen-bond donors (Lipinski definition) is 1. The molecule has 5 nitrogen and oxygen atoms in total. The van der Waals surface area contributed by atoms with E-state index in [0.717, 1.165) is 16.0 Å². The lowest BCUT2D eigenvalue weighted by atomic mass is 10.0. The molecule has 6 heteroatoms. The maximum Gasteiger partial charge on any atom is 0.293 e. The van der Waals surface area contributed by atoms with Crippen LogP contribution < -0.4 is 5.32 Å². The van der Waals surface area contributed by atoms with E-state index < -0.39 is 4.92 Å². The summed E-state index contributed by atoms with van der Waals surface area (Å²) in [6, 6.07) is 16.3. The van der Waals surface area contributed by atoms with Crippen LogP contribution >= 0.6 is 11.3 Å². The van der Waals surface area contributed by atoms with E-state index in [1.165, 1.54) is 13.0 Å². The summed E-state index contributed by atoms with van der Waals surface area (Å²) >= 11 is 1.59. The predicted octanol–water partition coefficient (Wildman–Crippen LogP) is 5.37. The lowest BCUT2D eigenvalue weighted by molar-refractivity contribution is -0.384. The molecule has 3 rings (SSSR count). The van der Waals surface area contributed by atoms with Crippen molar-refractivity contribution in [3.8, 4) is 0 Å². The van der Waals surface area contributed by atoms with Crippen LogP contribution in [-0.4, -0.2) is 10.7 Å². The van der Waals surface area contributed by atoms with Crippen molar-refractivity contribution in [2.24, 2.45) is 0 Å². The molecule has 1 atom stereocenters. The number of benzene rings is 2. The minimum atomic E-state index is -0.463. The van der Waals surface area contributed by atoms with Gasteiger partial charge in [0.05, 0.1) is 11.0 Å². The number of nitro groups is 1. The van der Waals surface area contributed by atoms with Crippen LogP contribution in [0.4, 0.5) is 11.4 Å². The van der Waals surface area contributed by atoms with Crippen LogP contribution in [0, 0.1) is 17.0 Å². The molecule has 0 bridgehead atoms. The van der Waals surface area contributed by atoms with Gasteiger partial charge in [0.25, 0.3) is 5.69 Å². The van der Waals surface area contributed by atoms with Gasteiger partial charge in [-0.05, 0) is 43.0 Å². The predicted molar refractivity (Wildman–Crippen MR) is 104 cm³/mol. The van der Waals surface area contributed by atoms with Crippen molar-refractivity contribution >= 4 is 28.5 Å². The third kappa shape index (κ3) is 3.81. The van der Waals surface area contributed by atoms with E-state index >= 15 is 0 Å². The summed E-state index contributed by atoms with van der Waals surface area (Å²) < 4.78 is 0. The van der Waals surface area contributed by atoms with Gasteiger partial charge in [-0.1, -0.05) is 35.9 Å². The Hall–Kier alpha value is -2.99. The van der Waals surface area contributed by atoms with Gasteiger partial charge in [0.1, 0.15) is 5.69 Å². The van der Waals surface area contributed by atoms with Crippen molar-refractivity contribution in [3.05, 3.63) is 91.7 Å². The molecule has 0 spiro atoms. The second kappa shape index (κ2) is 7.49. The minimum absolute atomic E-state index is 0.105. The third-order valence-electron chi connectivity index (χ3n) is 4.14. The molecule has 0 aliphatic rings. The zero-order chi connectivity index (χ0) is 18.7. The SMILES string of the molecule is CC(=O)c1ccc(N[C@H](c2ccc(C)cc2)c2cccs2)c([N+](=O)[O-])c1. The monoisotopic (exact) mass is 366 g/mol. The number of rotatable bonds is 6. The molecule has 1 aromatic heterocycles. The number of nitro benzene ring substituents is 1. The number of thiophene rings is 1. The van der Waals surface area contributed by atoms with Gasteiger partial charge in [0.15, 0.2) is 5.78 Å². The second-order valence-corrected chi connectivity index (χ2v) is 7.03. The maximum absolute atomic E-state index is 11.6. The maximum atomic E-state index is 11.6. The van der Waals surface area contributed by atoms with Crippen LogP contribution in [0.1, 0.15) is 39.3 Å². The molecule has 2 aromatic carbocycles. The van der Waals surface area contributed by atoms with Gasteiger partial charge in [-0.3, -0.25) is 14.9 Å². The highest BCUT2D eigenvalue weighted by Gasteiger charge is 2.21. The smallest absolute Gasteiger partial charge is 0.293 e. The molecule has 0 aliphatic heterocycles. The van der Waals surface area contributed by atoms with Gasteiger partial charge < -0.3 is 5.32 Å². The van der Waals surface area contributed by atoms with E-state index in [2.05, 4.69) is 5.32 Å². The first-order chi connectivity index (χ1) is 12.5. The largest absolute Gasteiger partial charge is 0.368 e. The molecule has 26 heavy (non-hydrogen) atoms. The topological polar surface area (TPSA) is 72.2 Å². The van der Waals surface area contributed by atoms with E-state index in [9.17, 15) is 14.9 Å². The quantitative estimate of drug-likeness (QED) is 0.362. The summed E-state index contributed by atoms with van der Waals surface area (Å²) in [5.41, 5.74) is 2.77. The number of aryl methyl sites for hydroxylation is 1. The molecule has 0 radical (unpaired) electrons. The number of nitrogens with zero attached hydrogens (tertiary/aromatic N) is 1. The molecule has 1 N–H and O–H groups in total. The number of carbonyl (C=O) groups excluding carboxylic acids is 1. The fourth-order valence-corrected chi connectivity index (χ4v) is 3.51. The number of Topliss-reactive ketones (excluding diaryl/α,β-unsaturated/α-hetero) is 1. The summed E-state index contributed by atoms with van der Waals surface area (Å²) in [5.74, 6) is -0.201. The van der Waals surface area contributed by atoms with Crippen LogP contribution in [-0.2, 0) is 0 Å². The highest BCUT2D eigenvalue weighted by atomic mass is 32.1. The van der Waals surface area contributed by atoms with Crippen LogP contribution in [0.25, 0.3) is 0 Å². The highest BCUT2D eigenvalue weighted by molar-refractivity contribution is 7.10. The minimum Gasteiger partial charge on any atom is -0.368 e. The third-order valence-corrected chi connectivity index (χ3v) is 5.08. The molecule has 0 amide bonds. The Kier molecular flexibility index (Phi) is 5.14. The van der Waals surface area contributed by atoms with Gasteiger partial charge in [0, 0.05) is 16.5 Å². The summed E-state index contributed by atoms with van der Waals surface area (Å²) in [4.78, 5) is 23.6. The molecule has 0 fully saturated rings. The zero-order valence-corrected chi connectivity index (χ0v) is 15.2. The highest BCUT2D eigenvalue weighted by Crippen LogP contribution is 2.34. The molecular formula is C20H18N2O3S. The van der Waals surface area contributed by atoms with E-state index in [-0.39, 0.29) is 17.5 Å². The lowest BCUT2D eigenvalue weighted by Crippen LogP contribution is -2.12. The average molecular weight is 366 g/mol. The van der Waals surface area contributed by atoms with Crippen molar-refractivity contribution in [2.75, 3.05) is 5.32 Å². The molecule has 1 heterocycles. The Balaban J connectivity index is 2.03. The standard InChI is InChI=1S/C20H18N2O3S/c1-13-5-7-15(8-6-13)20(19-4-3-11-26-19)21-17-10-9-16(14(2)23)12-18(17)22(24)25/h3-12,20-21H,1-2H3/t20-/m1/s1. The first-order valence-electron chi connectivity index (χ1n) is 8.11. The molecule has 3 aromatic rings. The number of hydrogen-bond acceptors (Lipinski definition) is 5. The molecule has 132 valence electrons. The van der Waals surface area contributed by atoms with Crippen molar-refractivity contribution in [3.63, 3.8) is 0 Å². The molecular weight excluding hydrogens is 348 g/mol.